The van der Waals surface area contributed by atoms with Crippen LogP contribution >= 0.6 is 11.3 Å². The van der Waals surface area contributed by atoms with Gasteiger partial charge in [-0.1, -0.05) is 0 Å². The van der Waals surface area contributed by atoms with Crippen LogP contribution in [0.4, 0.5) is 0 Å². The number of hydrogen-bond donors (Lipinski definition) is 0. The van der Waals surface area contributed by atoms with E-state index in [0.717, 1.165) is 42.1 Å². The monoisotopic (exact) mass is 374 g/mol. The number of carbonyl (C=O) groups is 2. The van der Waals surface area contributed by atoms with Crippen molar-refractivity contribution in [2.45, 2.75) is 32.2 Å². The quantitative estimate of drug-likeness (QED) is 0.751. The van der Waals surface area contributed by atoms with E-state index in [2.05, 4.69) is 4.98 Å². The molecule has 2 heterocycles. The van der Waals surface area contributed by atoms with E-state index >= 15 is 0 Å². The third-order valence-electron chi connectivity index (χ3n) is 4.50. The lowest BCUT2D eigenvalue weighted by Gasteiger charge is -2.33. The molecule has 6 nitrogen and oxygen atoms in total. The summed E-state index contributed by atoms with van der Waals surface area (Å²) in [7, 11) is 1.61. The second kappa shape index (κ2) is 8.31. The van der Waals surface area contributed by atoms with Crippen LogP contribution in [0.25, 0.3) is 10.6 Å². The van der Waals surface area contributed by atoms with Crippen LogP contribution in [-0.4, -0.2) is 48.1 Å². The molecule has 1 aliphatic heterocycles. The van der Waals surface area contributed by atoms with Crippen molar-refractivity contribution in [3.05, 3.63) is 35.3 Å². The predicted molar refractivity (Wildman–Crippen MR) is 99.4 cm³/mol. The Hall–Kier alpha value is -2.41. The molecule has 1 fully saturated rings. The van der Waals surface area contributed by atoms with Gasteiger partial charge in [0, 0.05) is 23.5 Å². The molecule has 0 radical (unpaired) electrons. The number of amides is 1. The first-order valence-corrected chi connectivity index (χ1v) is 9.53. The Labute approximate surface area is 156 Å². The highest BCUT2D eigenvalue weighted by molar-refractivity contribution is 7.13. The summed E-state index contributed by atoms with van der Waals surface area (Å²) in [5, 5.41) is 2.37. The Morgan fingerprint density at radius 3 is 2.73 bits per heavy atom. The molecule has 0 saturated carbocycles. The summed E-state index contributed by atoms with van der Waals surface area (Å²) in [6.45, 7) is 2.52. The van der Waals surface area contributed by atoms with Gasteiger partial charge in [-0.2, -0.15) is 0 Å². The van der Waals surface area contributed by atoms with Gasteiger partial charge in [0.1, 0.15) is 10.8 Å². The summed E-state index contributed by atoms with van der Waals surface area (Å²) in [6, 6.07) is 7.65. The normalized spacial score (nSPS) is 17.0. The molecule has 1 aromatic heterocycles. The van der Waals surface area contributed by atoms with Gasteiger partial charge in [0.2, 0.25) is 0 Å². The van der Waals surface area contributed by atoms with Crippen LogP contribution in [0.3, 0.4) is 0 Å². The molecule has 0 bridgehead atoms. The van der Waals surface area contributed by atoms with Crippen LogP contribution in [0.15, 0.2) is 29.6 Å². The molecule has 3 rings (SSSR count). The lowest BCUT2D eigenvalue weighted by molar-refractivity contribution is -0.137. The largest absolute Gasteiger partial charge is 0.497 e. The number of hydrogen-bond acceptors (Lipinski definition) is 6. The van der Waals surface area contributed by atoms with E-state index < -0.39 is 5.97 Å². The molecule has 138 valence electrons. The number of methoxy groups -OCH3 is 1. The second-order valence-corrected chi connectivity index (χ2v) is 7.13. The van der Waals surface area contributed by atoms with Gasteiger partial charge in [0.05, 0.1) is 7.11 Å². The van der Waals surface area contributed by atoms with Gasteiger partial charge in [0.25, 0.3) is 5.91 Å². The fourth-order valence-corrected chi connectivity index (χ4v) is 3.78. The van der Waals surface area contributed by atoms with Gasteiger partial charge in [-0.25, -0.2) is 9.78 Å². The molecule has 1 amide bonds. The summed E-state index contributed by atoms with van der Waals surface area (Å²) in [5.74, 6) is 0.0468. The predicted octanol–water partition coefficient (Wildman–Crippen LogP) is 3.38. The smallest absolute Gasteiger partial charge is 0.358 e. The van der Waals surface area contributed by atoms with Crippen LogP contribution in [0, 0.1) is 0 Å². The van der Waals surface area contributed by atoms with Crippen molar-refractivity contribution < 1.29 is 19.1 Å². The molecule has 0 aliphatic carbocycles. The number of esters is 1. The van der Waals surface area contributed by atoms with Gasteiger partial charge >= 0.3 is 5.97 Å². The fraction of sp³-hybridized carbons (Fsp3) is 0.421. The maximum atomic E-state index is 12.3. The fourth-order valence-electron chi connectivity index (χ4n) is 2.99. The van der Waals surface area contributed by atoms with Gasteiger partial charge in [-0.15, -0.1) is 11.3 Å². The number of nitrogens with zero attached hydrogens (tertiary/aromatic N) is 2. The number of piperidine rings is 1. The van der Waals surface area contributed by atoms with Crippen molar-refractivity contribution in [3.63, 3.8) is 0 Å². The molecule has 0 spiro atoms. The minimum atomic E-state index is -0.570. The summed E-state index contributed by atoms with van der Waals surface area (Å²) in [5.41, 5.74) is 1.12. The average molecular weight is 374 g/mol. The molecule has 1 atom stereocenters. The third kappa shape index (κ3) is 4.22. The van der Waals surface area contributed by atoms with E-state index in [-0.39, 0.29) is 24.2 Å². The molecule has 0 unspecified atom stereocenters. The zero-order valence-corrected chi connectivity index (χ0v) is 15.8. The Morgan fingerprint density at radius 2 is 2.04 bits per heavy atom. The van der Waals surface area contributed by atoms with Gasteiger partial charge in [-0.05, 0) is 50.5 Å². The van der Waals surface area contributed by atoms with Gasteiger partial charge in [-0.3, -0.25) is 4.79 Å². The molecule has 1 aliphatic rings. The van der Waals surface area contributed by atoms with E-state index in [1.807, 2.05) is 31.2 Å². The van der Waals surface area contributed by atoms with Gasteiger partial charge in [0.15, 0.2) is 12.3 Å². The number of thiazole rings is 1. The topological polar surface area (TPSA) is 68.7 Å². The highest BCUT2D eigenvalue weighted by Crippen LogP contribution is 2.26. The second-order valence-electron chi connectivity index (χ2n) is 6.27. The summed E-state index contributed by atoms with van der Waals surface area (Å²) < 4.78 is 10.3. The van der Waals surface area contributed by atoms with Crippen LogP contribution in [0.1, 0.15) is 36.7 Å². The molecular weight excluding hydrogens is 352 g/mol. The molecule has 1 aromatic carbocycles. The highest BCUT2D eigenvalue weighted by Gasteiger charge is 2.24. The number of carbonyl (C=O) groups excluding carboxylic acids is 2. The van der Waals surface area contributed by atoms with E-state index in [1.165, 1.54) is 11.3 Å². The molecule has 26 heavy (non-hydrogen) atoms. The van der Waals surface area contributed by atoms with Crippen molar-refractivity contribution in [2.75, 3.05) is 20.3 Å². The maximum absolute atomic E-state index is 12.3. The standard InChI is InChI=1S/C19H22N2O4S/c1-13-5-3-4-10-21(13)17(22)11-25-19(23)16-12-26-18(20-16)14-6-8-15(24-2)9-7-14/h6-9,12-13H,3-5,10-11H2,1-2H3/t13-/m1/s1. The molecule has 2 aromatic rings. The Kier molecular flexibility index (Phi) is 5.88. The van der Waals surface area contributed by atoms with Gasteiger partial charge < -0.3 is 14.4 Å². The van der Waals surface area contributed by atoms with E-state index in [4.69, 9.17) is 9.47 Å². The third-order valence-corrected chi connectivity index (χ3v) is 5.39. The first-order chi connectivity index (χ1) is 12.6. The molecule has 7 heteroatoms. The summed E-state index contributed by atoms with van der Waals surface area (Å²) in [6.07, 6.45) is 3.13. The summed E-state index contributed by atoms with van der Waals surface area (Å²) in [4.78, 5) is 30.6. The van der Waals surface area contributed by atoms with Crippen LogP contribution < -0.4 is 4.74 Å². The first kappa shape index (κ1) is 18.4. The molecule has 0 N–H and O–H groups in total. The number of ether oxygens (including phenoxy) is 2. The minimum absolute atomic E-state index is 0.142. The van der Waals surface area contributed by atoms with Crippen LogP contribution in [0.2, 0.25) is 0 Å². The van der Waals surface area contributed by atoms with Crippen LogP contribution in [-0.2, 0) is 9.53 Å². The van der Waals surface area contributed by atoms with Crippen molar-refractivity contribution in [1.82, 2.24) is 9.88 Å². The Balaban J connectivity index is 1.58. The minimum Gasteiger partial charge on any atom is -0.497 e. The zero-order chi connectivity index (χ0) is 18.5. The number of aromatic nitrogens is 1. The van der Waals surface area contributed by atoms with Crippen molar-refractivity contribution in [1.29, 1.82) is 0 Å². The van der Waals surface area contributed by atoms with Crippen LogP contribution in [0.5, 0.6) is 5.75 Å². The number of likely N-dealkylation sites (tertiary alicyclic amines) is 1. The van der Waals surface area contributed by atoms with Crippen molar-refractivity contribution in [2.24, 2.45) is 0 Å². The SMILES string of the molecule is COc1ccc(-c2nc(C(=O)OCC(=O)N3CCCC[C@H]3C)cs2)cc1. The van der Waals surface area contributed by atoms with Crippen molar-refractivity contribution in [3.8, 4) is 16.3 Å². The first-order valence-electron chi connectivity index (χ1n) is 8.65. The Bertz CT molecular complexity index is 772. The van der Waals surface area contributed by atoms with Crippen molar-refractivity contribution >= 4 is 23.2 Å². The Morgan fingerprint density at radius 1 is 1.27 bits per heavy atom. The number of rotatable bonds is 5. The number of benzene rings is 1. The summed E-state index contributed by atoms with van der Waals surface area (Å²) >= 11 is 1.36. The molecule has 1 saturated heterocycles. The molecular formula is C19H22N2O4S. The van der Waals surface area contributed by atoms with E-state index in [0.29, 0.717) is 0 Å². The maximum Gasteiger partial charge on any atom is 0.358 e. The average Bonchev–Trinajstić information content (AvgIpc) is 3.16. The zero-order valence-electron chi connectivity index (χ0n) is 14.9. The lowest BCUT2D eigenvalue weighted by Crippen LogP contribution is -2.44. The van der Waals surface area contributed by atoms with E-state index in [9.17, 15) is 9.59 Å². The lowest BCUT2D eigenvalue weighted by atomic mass is 10.0. The van der Waals surface area contributed by atoms with E-state index in [1.54, 1.807) is 17.4 Å². The highest BCUT2D eigenvalue weighted by atomic mass is 32.1.